The molecule has 110 valence electrons. The second kappa shape index (κ2) is 7.23. The van der Waals surface area contributed by atoms with Gasteiger partial charge in [-0.25, -0.2) is 0 Å². The van der Waals surface area contributed by atoms with Crippen molar-refractivity contribution in [1.29, 1.82) is 0 Å². The van der Waals surface area contributed by atoms with E-state index in [9.17, 15) is 4.79 Å². The van der Waals surface area contributed by atoms with Crippen LogP contribution in [0.4, 0.5) is 0 Å². The van der Waals surface area contributed by atoms with Crippen molar-refractivity contribution in [3.63, 3.8) is 0 Å². The van der Waals surface area contributed by atoms with Crippen molar-refractivity contribution in [2.24, 2.45) is 0 Å². The Morgan fingerprint density at radius 2 is 2.25 bits per heavy atom. The van der Waals surface area contributed by atoms with Crippen molar-refractivity contribution in [3.8, 4) is 0 Å². The molecule has 2 rings (SSSR count). The van der Waals surface area contributed by atoms with Crippen LogP contribution in [0.15, 0.2) is 22.7 Å². The Bertz CT molecular complexity index is 476. The van der Waals surface area contributed by atoms with Gasteiger partial charge in [-0.1, -0.05) is 15.9 Å². The van der Waals surface area contributed by atoms with Crippen LogP contribution in [-0.4, -0.2) is 37.0 Å². The first-order chi connectivity index (χ1) is 9.63. The molecule has 0 aromatic heterocycles. The van der Waals surface area contributed by atoms with Gasteiger partial charge in [0.2, 0.25) is 0 Å². The molecule has 1 aromatic rings. The Kier molecular flexibility index (Phi) is 5.61. The summed E-state index contributed by atoms with van der Waals surface area (Å²) < 4.78 is 1.06. The Hall–Kier alpha value is -0.870. The quantitative estimate of drug-likeness (QED) is 0.912. The largest absolute Gasteiger partial charge is 0.336 e. The van der Waals surface area contributed by atoms with Crippen LogP contribution in [0.5, 0.6) is 0 Å². The number of hydrogen-bond donors (Lipinski definition) is 1. The monoisotopic (exact) mass is 338 g/mol. The van der Waals surface area contributed by atoms with Gasteiger partial charge in [0.1, 0.15) is 0 Å². The lowest BCUT2D eigenvalue weighted by Crippen LogP contribution is -2.44. The van der Waals surface area contributed by atoms with Gasteiger partial charge in [0.15, 0.2) is 0 Å². The maximum Gasteiger partial charge on any atom is 0.254 e. The molecular weight excluding hydrogens is 316 g/mol. The Labute approximate surface area is 129 Å². The SMILES string of the molecule is CNCCC1CCCCN1C(=O)c1ccc(Br)c(C)c1. The van der Waals surface area contributed by atoms with Gasteiger partial charge in [-0.2, -0.15) is 0 Å². The van der Waals surface area contributed by atoms with Crippen LogP contribution in [-0.2, 0) is 0 Å². The lowest BCUT2D eigenvalue weighted by atomic mass is 9.98. The van der Waals surface area contributed by atoms with Crippen molar-refractivity contribution in [2.45, 2.75) is 38.6 Å². The van der Waals surface area contributed by atoms with Gasteiger partial charge in [-0.15, -0.1) is 0 Å². The van der Waals surface area contributed by atoms with Crippen LogP contribution in [0.2, 0.25) is 0 Å². The standard InChI is InChI=1S/C16H23BrN2O/c1-12-11-13(6-7-15(12)17)16(20)19-10-4-3-5-14(19)8-9-18-2/h6-7,11,14,18H,3-5,8-10H2,1-2H3. The molecular formula is C16H23BrN2O. The summed E-state index contributed by atoms with van der Waals surface area (Å²) in [6.07, 6.45) is 4.52. The summed E-state index contributed by atoms with van der Waals surface area (Å²) in [6, 6.07) is 6.25. The number of carbonyl (C=O) groups excluding carboxylic acids is 1. The lowest BCUT2D eigenvalue weighted by Gasteiger charge is -2.36. The van der Waals surface area contributed by atoms with Gasteiger partial charge in [-0.05, 0) is 70.0 Å². The lowest BCUT2D eigenvalue weighted by molar-refractivity contribution is 0.0602. The van der Waals surface area contributed by atoms with Crippen LogP contribution in [0.3, 0.4) is 0 Å². The molecule has 1 N–H and O–H groups in total. The molecule has 1 heterocycles. The molecule has 3 nitrogen and oxygen atoms in total. The fourth-order valence-electron chi connectivity index (χ4n) is 2.82. The van der Waals surface area contributed by atoms with Crippen molar-refractivity contribution < 1.29 is 4.79 Å². The molecule has 1 saturated heterocycles. The second-order valence-corrected chi connectivity index (χ2v) is 6.36. The van der Waals surface area contributed by atoms with E-state index in [4.69, 9.17) is 0 Å². The first kappa shape index (κ1) is 15.5. The van der Waals surface area contributed by atoms with E-state index in [0.29, 0.717) is 6.04 Å². The highest BCUT2D eigenvalue weighted by Crippen LogP contribution is 2.23. The van der Waals surface area contributed by atoms with Gasteiger partial charge in [0.25, 0.3) is 5.91 Å². The zero-order valence-corrected chi connectivity index (χ0v) is 13.9. The smallest absolute Gasteiger partial charge is 0.254 e. The van der Waals surface area contributed by atoms with E-state index in [0.717, 1.165) is 48.0 Å². The third kappa shape index (κ3) is 3.61. The first-order valence-corrected chi connectivity index (χ1v) is 8.14. The number of benzene rings is 1. The molecule has 1 amide bonds. The van der Waals surface area contributed by atoms with Gasteiger partial charge in [0.05, 0.1) is 0 Å². The predicted molar refractivity (Wildman–Crippen MR) is 86.1 cm³/mol. The Morgan fingerprint density at radius 1 is 1.45 bits per heavy atom. The van der Waals surface area contributed by atoms with E-state index in [1.54, 1.807) is 0 Å². The summed E-state index contributed by atoms with van der Waals surface area (Å²) in [6.45, 7) is 3.88. The minimum atomic E-state index is 0.182. The van der Waals surface area contributed by atoms with Crippen molar-refractivity contribution in [3.05, 3.63) is 33.8 Å². The van der Waals surface area contributed by atoms with Gasteiger partial charge >= 0.3 is 0 Å². The number of rotatable bonds is 4. The molecule has 0 spiro atoms. The van der Waals surface area contributed by atoms with Gasteiger partial charge < -0.3 is 10.2 Å². The molecule has 1 aromatic carbocycles. The molecule has 1 fully saturated rings. The van der Waals surface area contributed by atoms with E-state index in [1.807, 2.05) is 32.2 Å². The molecule has 0 aliphatic carbocycles. The molecule has 1 unspecified atom stereocenters. The normalized spacial score (nSPS) is 19.1. The zero-order chi connectivity index (χ0) is 14.5. The van der Waals surface area contributed by atoms with E-state index >= 15 is 0 Å². The number of halogens is 1. The summed E-state index contributed by atoms with van der Waals surface area (Å²) in [4.78, 5) is 14.8. The zero-order valence-electron chi connectivity index (χ0n) is 12.3. The first-order valence-electron chi connectivity index (χ1n) is 7.35. The maximum absolute atomic E-state index is 12.7. The van der Waals surface area contributed by atoms with Crippen molar-refractivity contribution >= 4 is 21.8 Å². The molecule has 20 heavy (non-hydrogen) atoms. The highest BCUT2D eigenvalue weighted by Gasteiger charge is 2.27. The summed E-state index contributed by atoms with van der Waals surface area (Å²) in [5.41, 5.74) is 1.92. The second-order valence-electron chi connectivity index (χ2n) is 5.50. The van der Waals surface area contributed by atoms with Crippen LogP contribution >= 0.6 is 15.9 Å². The fraction of sp³-hybridized carbons (Fsp3) is 0.562. The number of nitrogens with zero attached hydrogens (tertiary/aromatic N) is 1. The van der Waals surface area contributed by atoms with Crippen LogP contribution in [0.25, 0.3) is 0 Å². The molecule has 1 atom stereocenters. The molecule has 1 aliphatic heterocycles. The van der Waals surface area contributed by atoms with Crippen LogP contribution in [0.1, 0.15) is 41.6 Å². The van der Waals surface area contributed by atoms with E-state index < -0.39 is 0 Å². The average molecular weight is 339 g/mol. The van der Waals surface area contributed by atoms with E-state index in [2.05, 4.69) is 26.1 Å². The number of carbonyl (C=O) groups is 1. The summed E-state index contributed by atoms with van der Waals surface area (Å²) in [5, 5.41) is 3.19. The van der Waals surface area contributed by atoms with Gasteiger partial charge in [-0.3, -0.25) is 4.79 Å². The fourth-order valence-corrected chi connectivity index (χ4v) is 3.07. The number of piperidine rings is 1. The minimum absolute atomic E-state index is 0.182. The summed E-state index contributed by atoms with van der Waals surface area (Å²) in [5.74, 6) is 0.182. The van der Waals surface area contributed by atoms with Crippen molar-refractivity contribution in [1.82, 2.24) is 10.2 Å². The minimum Gasteiger partial charge on any atom is -0.336 e. The molecule has 0 saturated carbocycles. The summed E-state index contributed by atoms with van der Waals surface area (Å²) >= 11 is 3.49. The number of nitrogens with one attached hydrogen (secondary N) is 1. The topological polar surface area (TPSA) is 32.3 Å². The highest BCUT2D eigenvalue weighted by atomic mass is 79.9. The average Bonchev–Trinajstić information content (AvgIpc) is 2.47. The number of aryl methyl sites for hydroxylation is 1. The molecule has 4 heteroatoms. The predicted octanol–water partition coefficient (Wildman–Crippen LogP) is 3.36. The number of likely N-dealkylation sites (tertiary alicyclic amines) is 1. The number of amides is 1. The van der Waals surface area contributed by atoms with Crippen LogP contribution < -0.4 is 5.32 Å². The Morgan fingerprint density at radius 3 is 2.95 bits per heavy atom. The summed E-state index contributed by atoms with van der Waals surface area (Å²) in [7, 11) is 1.97. The Balaban J connectivity index is 2.14. The number of hydrogen-bond acceptors (Lipinski definition) is 2. The third-order valence-corrected chi connectivity index (χ3v) is 4.91. The van der Waals surface area contributed by atoms with Gasteiger partial charge in [0, 0.05) is 22.6 Å². The molecule has 1 aliphatic rings. The van der Waals surface area contributed by atoms with E-state index in [-0.39, 0.29) is 5.91 Å². The highest BCUT2D eigenvalue weighted by molar-refractivity contribution is 9.10. The van der Waals surface area contributed by atoms with Crippen LogP contribution in [0, 0.1) is 6.92 Å². The van der Waals surface area contributed by atoms with Crippen molar-refractivity contribution in [2.75, 3.05) is 20.1 Å². The molecule has 0 bridgehead atoms. The maximum atomic E-state index is 12.7. The van der Waals surface area contributed by atoms with E-state index in [1.165, 1.54) is 6.42 Å². The molecule has 0 radical (unpaired) electrons. The third-order valence-electron chi connectivity index (χ3n) is 4.02.